The molecule has 134 valence electrons. The number of hydrogen-bond donors (Lipinski definition) is 2. The van der Waals surface area contributed by atoms with Gasteiger partial charge in [-0.2, -0.15) is 4.98 Å². The zero-order valence-electron chi connectivity index (χ0n) is 15.0. The van der Waals surface area contributed by atoms with E-state index in [0.29, 0.717) is 28.5 Å². The minimum absolute atomic E-state index is 0.504. The molecular formula is C20H21ClN4O. The second kappa shape index (κ2) is 8.06. The summed E-state index contributed by atoms with van der Waals surface area (Å²) in [5, 5.41) is 6.97. The Kier molecular flexibility index (Phi) is 5.58. The van der Waals surface area contributed by atoms with Crippen LogP contribution in [0.2, 0.25) is 5.02 Å². The van der Waals surface area contributed by atoms with Gasteiger partial charge < -0.3 is 15.4 Å². The molecule has 0 aliphatic heterocycles. The van der Waals surface area contributed by atoms with Gasteiger partial charge in [-0.15, -0.1) is 0 Å². The van der Waals surface area contributed by atoms with Crippen molar-refractivity contribution < 1.29 is 4.74 Å². The number of nitrogens with one attached hydrogen (secondary N) is 2. The third-order valence-electron chi connectivity index (χ3n) is 3.91. The molecule has 0 aliphatic carbocycles. The molecule has 0 fully saturated rings. The number of rotatable bonds is 6. The standard InChI is InChI=1S/C20H21ClN4O/c1-13(2)14-4-6-15(7-5-14)24-20-22-11-10-19(25-20)23-16-8-9-18(26-3)17(21)12-16/h4-13H,1-3H3,(H2,22,23,24,25). The molecule has 0 saturated heterocycles. The Balaban J connectivity index is 1.72. The van der Waals surface area contributed by atoms with Crippen molar-refractivity contribution in [3.8, 4) is 5.75 Å². The van der Waals surface area contributed by atoms with Crippen molar-refractivity contribution in [1.82, 2.24) is 9.97 Å². The minimum Gasteiger partial charge on any atom is -0.495 e. The quantitative estimate of drug-likeness (QED) is 0.580. The molecule has 0 saturated carbocycles. The minimum atomic E-state index is 0.504. The summed E-state index contributed by atoms with van der Waals surface area (Å²) in [5.41, 5.74) is 3.06. The molecule has 0 bridgehead atoms. The van der Waals surface area contributed by atoms with Gasteiger partial charge in [-0.3, -0.25) is 0 Å². The summed E-state index contributed by atoms with van der Waals surface area (Å²) in [5.74, 6) is 2.32. The molecular weight excluding hydrogens is 348 g/mol. The van der Waals surface area contributed by atoms with E-state index in [-0.39, 0.29) is 0 Å². The van der Waals surface area contributed by atoms with Gasteiger partial charge in [-0.1, -0.05) is 37.6 Å². The summed E-state index contributed by atoms with van der Waals surface area (Å²) in [6.45, 7) is 4.35. The van der Waals surface area contributed by atoms with Crippen molar-refractivity contribution in [1.29, 1.82) is 0 Å². The summed E-state index contributed by atoms with van der Waals surface area (Å²) >= 11 is 6.16. The van der Waals surface area contributed by atoms with Crippen LogP contribution in [0.15, 0.2) is 54.7 Å². The largest absolute Gasteiger partial charge is 0.495 e. The lowest BCUT2D eigenvalue weighted by Crippen LogP contribution is -2.00. The maximum Gasteiger partial charge on any atom is 0.229 e. The number of hydrogen-bond acceptors (Lipinski definition) is 5. The lowest BCUT2D eigenvalue weighted by atomic mass is 10.0. The summed E-state index contributed by atoms with van der Waals surface area (Å²) in [4.78, 5) is 8.76. The molecule has 0 amide bonds. The fraction of sp³-hybridized carbons (Fsp3) is 0.200. The Hall–Kier alpha value is -2.79. The molecule has 0 spiro atoms. The highest BCUT2D eigenvalue weighted by Crippen LogP contribution is 2.28. The first-order chi connectivity index (χ1) is 12.5. The number of aromatic nitrogens is 2. The Morgan fingerprint density at radius 3 is 2.35 bits per heavy atom. The van der Waals surface area contributed by atoms with Crippen molar-refractivity contribution in [2.45, 2.75) is 19.8 Å². The predicted octanol–water partition coefficient (Wildman–Crippen LogP) is 5.75. The fourth-order valence-electron chi connectivity index (χ4n) is 2.46. The smallest absolute Gasteiger partial charge is 0.229 e. The summed E-state index contributed by atoms with van der Waals surface area (Å²) in [7, 11) is 1.59. The second-order valence-electron chi connectivity index (χ2n) is 6.14. The van der Waals surface area contributed by atoms with Crippen LogP contribution >= 0.6 is 11.6 Å². The molecule has 26 heavy (non-hydrogen) atoms. The van der Waals surface area contributed by atoms with Gasteiger partial charge in [-0.25, -0.2) is 4.98 Å². The van der Waals surface area contributed by atoms with Gasteiger partial charge in [0.05, 0.1) is 12.1 Å². The van der Waals surface area contributed by atoms with Crippen molar-refractivity contribution in [3.63, 3.8) is 0 Å². The molecule has 3 rings (SSSR count). The van der Waals surface area contributed by atoms with E-state index in [1.54, 1.807) is 31.5 Å². The van der Waals surface area contributed by atoms with Gasteiger partial charge in [0.2, 0.25) is 5.95 Å². The van der Waals surface area contributed by atoms with E-state index < -0.39 is 0 Å². The van der Waals surface area contributed by atoms with E-state index >= 15 is 0 Å². The number of halogens is 1. The highest BCUT2D eigenvalue weighted by molar-refractivity contribution is 6.32. The lowest BCUT2D eigenvalue weighted by molar-refractivity contribution is 0.415. The zero-order chi connectivity index (χ0) is 18.5. The highest BCUT2D eigenvalue weighted by atomic mass is 35.5. The van der Waals surface area contributed by atoms with Crippen LogP contribution in [-0.2, 0) is 0 Å². The molecule has 2 N–H and O–H groups in total. The topological polar surface area (TPSA) is 59.1 Å². The first-order valence-electron chi connectivity index (χ1n) is 8.36. The Morgan fingerprint density at radius 2 is 1.69 bits per heavy atom. The lowest BCUT2D eigenvalue weighted by Gasteiger charge is -2.11. The molecule has 2 aromatic carbocycles. The van der Waals surface area contributed by atoms with E-state index in [2.05, 4.69) is 46.6 Å². The van der Waals surface area contributed by atoms with Gasteiger partial charge in [0.15, 0.2) is 0 Å². The van der Waals surface area contributed by atoms with Gasteiger partial charge in [0.25, 0.3) is 0 Å². The Labute approximate surface area is 158 Å². The van der Waals surface area contributed by atoms with Crippen molar-refractivity contribution in [2.24, 2.45) is 0 Å². The van der Waals surface area contributed by atoms with Crippen molar-refractivity contribution in [3.05, 3.63) is 65.3 Å². The number of methoxy groups -OCH3 is 1. The average Bonchev–Trinajstić information content (AvgIpc) is 2.63. The Bertz CT molecular complexity index is 881. The molecule has 0 unspecified atom stereocenters. The first kappa shape index (κ1) is 18.0. The van der Waals surface area contributed by atoms with Gasteiger partial charge in [-0.05, 0) is 47.9 Å². The summed E-state index contributed by atoms with van der Waals surface area (Å²) in [6.07, 6.45) is 1.70. The van der Waals surface area contributed by atoms with E-state index in [4.69, 9.17) is 16.3 Å². The maximum atomic E-state index is 6.16. The highest BCUT2D eigenvalue weighted by Gasteiger charge is 2.05. The van der Waals surface area contributed by atoms with E-state index in [1.165, 1.54) is 5.56 Å². The van der Waals surface area contributed by atoms with Crippen LogP contribution in [0.3, 0.4) is 0 Å². The molecule has 3 aromatic rings. The van der Waals surface area contributed by atoms with Crippen molar-refractivity contribution in [2.75, 3.05) is 17.7 Å². The summed E-state index contributed by atoms with van der Waals surface area (Å²) < 4.78 is 5.16. The van der Waals surface area contributed by atoms with Crippen LogP contribution in [-0.4, -0.2) is 17.1 Å². The molecule has 0 radical (unpaired) electrons. The van der Waals surface area contributed by atoms with Gasteiger partial charge in [0, 0.05) is 17.6 Å². The number of benzene rings is 2. The third kappa shape index (κ3) is 4.43. The van der Waals surface area contributed by atoms with Crippen molar-refractivity contribution >= 4 is 34.7 Å². The average molecular weight is 369 g/mol. The molecule has 6 heteroatoms. The number of anilines is 4. The van der Waals surface area contributed by atoms with E-state index in [0.717, 1.165) is 11.4 Å². The fourth-order valence-corrected chi connectivity index (χ4v) is 2.72. The van der Waals surface area contributed by atoms with Gasteiger partial charge in [0.1, 0.15) is 11.6 Å². The van der Waals surface area contributed by atoms with E-state index in [9.17, 15) is 0 Å². The second-order valence-corrected chi connectivity index (χ2v) is 6.55. The van der Waals surface area contributed by atoms with Gasteiger partial charge >= 0.3 is 0 Å². The molecule has 0 atom stereocenters. The maximum absolute atomic E-state index is 6.16. The monoisotopic (exact) mass is 368 g/mol. The van der Waals surface area contributed by atoms with Crippen LogP contribution in [0, 0.1) is 0 Å². The number of nitrogens with zero attached hydrogens (tertiary/aromatic N) is 2. The molecule has 1 heterocycles. The Morgan fingerprint density at radius 1 is 0.962 bits per heavy atom. The molecule has 0 aliphatic rings. The van der Waals surface area contributed by atoms with E-state index in [1.807, 2.05) is 18.2 Å². The SMILES string of the molecule is COc1ccc(Nc2ccnc(Nc3ccc(C(C)C)cc3)n2)cc1Cl. The number of ether oxygens (including phenoxy) is 1. The predicted molar refractivity (Wildman–Crippen MR) is 107 cm³/mol. The van der Waals surface area contributed by atoms with Crippen LogP contribution < -0.4 is 15.4 Å². The van der Waals surface area contributed by atoms with Crippen LogP contribution in [0.1, 0.15) is 25.3 Å². The third-order valence-corrected chi connectivity index (χ3v) is 4.21. The zero-order valence-corrected chi connectivity index (χ0v) is 15.7. The summed E-state index contributed by atoms with van der Waals surface area (Å²) in [6, 6.07) is 15.5. The molecule has 1 aromatic heterocycles. The molecule has 5 nitrogen and oxygen atoms in total. The van der Waals surface area contributed by atoms with Crippen LogP contribution in [0.25, 0.3) is 0 Å². The van der Waals surface area contributed by atoms with Crippen LogP contribution in [0.4, 0.5) is 23.1 Å². The van der Waals surface area contributed by atoms with Crippen LogP contribution in [0.5, 0.6) is 5.75 Å². The normalized spacial score (nSPS) is 10.7. The first-order valence-corrected chi connectivity index (χ1v) is 8.73.